The second-order valence-electron chi connectivity index (χ2n) is 11.3. The Bertz CT molecular complexity index is 1510. The van der Waals surface area contributed by atoms with Crippen molar-refractivity contribution >= 4 is 12.0 Å². The third kappa shape index (κ3) is 8.24. The highest BCUT2D eigenvalue weighted by Gasteiger charge is 2.43. The van der Waals surface area contributed by atoms with Crippen LogP contribution < -0.4 is 14.8 Å². The molecule has 0 aromatic heterocycles. The van der Waals surface area contributed by atoms with Gasteiger partial charge in [-0.25, -0.2) is 9.59 Å². The quantitative estimate of drug-likeness (QED) is 0.167. The van der Waals surface area contributed by atoms with Crippen molar-refractivity contribution in [1.82, 2.24) is 10.2 Å². The maximum absolute atomic E-state index is 13.0. The van der Waals surface area contributed by atoms with Crippen LogP contribution in [0.5, 0.6) is 11.5 Å². The lowest BCUT2D eigenvalue weighted by Crippen LogP contribution is -2.48. The molecule has 13 heteroatoms. The Morgan fingerprint density at radius 3 is 2.04 bits per heavy atom. The van der Waals surface area contributed by atoms with Gasteiger partial charge in [0.1, 0.15) is 11.5 Å². The van der Waals surface area contributed by atoms with Crippen LogP contribution >= 0.6 is 0 Å². The number of rotatable bonds is 12. The number of hydrogen-bond acceptors (Lipinski definition) is 5. The van der Waals surface area contributed by atoms with Crippen LogP contribution in [0.4, 0.5) is 31.1 Å². The molecule has 3 aromatic rings. The molecule has 2 atom stereocenters. The predicted octanol–water partition coefficient (Wildman–Crippen LogP) is 7.07. The Kier molecular flexibility index (Phi) is 10.1. The smallest absolute Gasteiger partial charge is 0.416 e. The van der Waals surface area contributed by atoms with Crippen molar-refractivity contribution in [1.29, 1.82) is 0 Å². The largest absolute Gasteiger partial charge is 0.493 e. The Labute approximate surface area is 262 Å². The molecule has 46 heavy (non-hydrogen) atoms. The summed E-state index contributed by atoms with van der Waals surface area (Å²) in [6.07, 6.45) is -8.33. The Morgan fingerprint density at radius 2 is 1.50 bits per heavy atom. The van der Waals surface area contributed by atoms with Gasteiger partial charge in [0, 0.05) is 26.4 Å². The van der Waals surface area contributed by atoms with Crippen LogP contribution in [-0.4, -0.2) is 54.8 Å². The first-order valence-corrected chi connectivity index (χ1v) is 14.5. The van der Waals surface area contributed by atoms with Gasteiger partial charge >= 0.3 is 24.4 Å². The first-order valence-electron chi connectivity index (χ1n) is 14.5. The van der Waals surface area contributed by atoms with Crippen LogP contribution in [0.15, 0.2) is 72.8 Å². The minimum atomic E-state index is -4.52. The average Bonchev–Trinajstić information content (AvgIpc) is 3.25. The number of nitrogens with one attached hydrogen (secondary N) is 1. The highest BCUT2D eigenvalue weighted by molar-refractivity contribution is 5.80. The van der Waals surface area contributed by atoms with Gasteiger partial charge in [0.25, 0.3) is 0 Å². The van der Waals surface area contributed by atoms with Crippen molar-refractivity contribution < 1.29 is 50.1 Å². The molecule has 4 rings (SSSR count). The van der Waals surface area contributed by atoms with Gasteiger partial charge in [0.2, 0.25) is 5.60 Å². The van der Waals surface area contributed by atoms with E-state index in [0.717, 1.165) is 36.4 Å². The molecule has 1 aliphatic rings. The number of hydrogen-bond donors (Lipinski definition) is 1. The van der Waals surface area contributed by atoms with Crippen molar-refractivity contribution in [3.63, 3.8) is 0 Å². The number of halogens is 6. The van der Waals surface area contributed by atoms with Crippen LogP contribution in [0.2, 0.25) is 0 Å². The Morgan fingerprint density at radius 1 is 0.891 bits per heavy atom. The molecule has 1 fully saturated rings. The van der Waals surface area contributed by atoms with Crippen LogP contribution in [0.25, 0.3) is 0 Å². The molecule has 3 aromatic carbocycles. The van der Waals surface area contributed by atoms with E-state index in [2.05, 4.69) is 5.32 Å². The van der Waals surface area contributed by atoms with Gasteiger partial charge in [-0.1, -0.05) is 24.3 Å². The Hall–Kier alpha value is -4.42. The van der Waals surface area contributed by atoms with E-state index in [1.54, 1.807) is 38.2 Å². The van der Waals surface area contributed by atoms with Gasteiger partial charge in [0.05, 0.1) is 29.9 Å². The lowest BCUT2D eigenvalue weighted by Gasteiger charge is -2.35. The number of ether oxygens (including phenoxy) is 3. The third-order valence-corrected chi connectivity index (χ3v) is 7.91. The van der Waals surface area contributed by atoms with E-state index >= 15 is 0 Å². The number of alkyl halides is 6. The lowest BCUT2D eigenvalue weighted by atomic mass is 9.87. The standard InChI is InChI=1S/C33H34F6N2O5/c1-4-44-28(42)30(2,46-26-14-12-25(13-15-26)33(37,38)39)19-23-6-5-7-27(18-23)45-17-16-31(21-40-29(43)41(31)3)20-22-8-10-24(11-9-22)32(34,35)36/h5-15,18H,4,16-17,19-21H2,1-3H3,(H,40,43). The normalized spacial score (nSPS) is 18.1. The summed E-state index contributed by atoms with van der Waals surface area (Å²) in [7, 11) is 1.62. The number of nitrogens with zero attached hydrogens (tertiary/aromatic N) is 1. The van der Waals surface area contributed by atoms with E-state index in [1.807, 2.05) is 0 Å². The van der Waals surface area contributed by atoms with Crippen LogP contribution in [0.3, 0.4) is 0 Å². The maximum atomic E-state index is 13.0. The van der Waals surface area contributed by atoms with Crippen LogP contribution in [0.1, 0.15) is 42.5 Å². The van der Waals surface area contributed by atoms with Gasteiger partial charge < -0.3 is 24.4 Å². The van der Waals surface area contributed by atoms with Crippen molar-refractivity contribution in [3.8, 4) is 11.5 Å². The zero-order chi connectivity index (χ0) is 33.8. The second-order valence-corrected chi connectivity index (χ2v) is 11.3. The number of esters is 1. The van der Waals surface area contributed by atoms with Gasteiger partial charge in [-0.05, 0) is 79.9 Å². The minimum absolute atomic E-state index is 0.00305. The van der Waals surface area contributed by atoms with E-state index in [-0.39, 0.29) is 38.0 Å². The summed E-state index contributed by atoms with van der Waals surface area (Å²) in [5.74, 6) is -0.200. The molecule has 0 radical (unpaired) electrons. The zero-order valence-electron chi connectivity index (χ0n) is 25.4. The summed E-state index contributed by atoms with van der Waals surface area (Å²) in [5, 5.41) is 2.79. The van der Waals surface area contributed by atoms with Crippen LogP contribution in [0, 0.1) is 0 Å². The first-order chi connectivity index (χ1) is 21.5. The fraction of sp³-hybridized carbons (Fsp3) is 0.394. The fourth-order valence-electron chi connectivity index (χ4n) is 5.31. The zero-order valence-corrected chi connectivity index (χ0v) is 25.4. The number of carbonyl (C=O) groups excluding carboxylic acids is 2. The summed E-state index contributed by atoms with van der Waals surface area (Å²) >= 11 is 0. The summed E-state index contributed by atoms with van der Waals surface area (Å²) in [6.45, 7) is 3.60. The van der Waals surface area contributed by atoms with E-state index in [4.69, 9.17) is 14.2 Å². The Balaban J connectivity index is 1.46. The molecule has 0 spiro atoms. The van der Waals surface area contributed by atoms with E-state index in [9.17, 15) is 35.9 Å². The van der Waals surface area contributed by atoms with Crippen LogP contribution in [-0.2, 0) is 34.7 Å². The van der Waals surface area contributed by atoms with Gasteiger partial charge in [-0.2, -0.15) is 26.3 Å². The van der Waals surface area contributed by atoms with Crippen molar-refractivity contribution in [2.45, 2.75) is 56.6 Å². The second kappa shape index (κ2) is 13.5. The average molecular weight is 653 g/mol. The number of benzene rings is 3. The molecule has 1 N–H and O–H groups in total. The molecular formula is C33H34F6N2O5. The molecule has 248 valence electrons. The number of amides is 2. The van der Waals surface area contributed by atoms with Crippen molar-refractivity contribution in [2.24, 2.45) is 0 Å². The molecule has 1 heterocycles. The number of urea groups is 1. The number of carbonyl (C=O) groups is 2. The summed E-state index contributed by atoms with van der Waals surface area (Å²) in [4.78, 5) is 26.9. The van der Waals surface area contributed by atoms with E-state index in [1.165, 1.54) is 24.0 Å². The van der Waals surface area contributed by atoms with Gasteiger partial charge in [0.15, 0.2) is 0 Å². The van der Waals surface area contributed by atoms with Crippen molar-refractivity contribution in [2.75, 3.05) is 26.8 Å². The molecule has 7 nitrogen and oxygen atoms in total. The summed E-state index contributed by atoms with van der Waals surface area (Å²) in [6, 6.07) is 15.4. The molecular weight excluding hydrogens is 618 g/mol. The molecule has 0 saturated carbocycles. The number of likely N-dealkylation sites (N-methyl/N-ethyl adjacent to an activating group) is 1. The maximum Gasteiger partial charge on any atom is 0.416 e. The molecule has 1 aliphatic heterocycles. The highest BCUT2D eigenvalue weighted by atomic mass is 19.4. The van der Waals surface area contributed by atoms with Gasteiger partial charge in [-0.15, -0.1) is 0 Å². The minimum Gasteiger partial charge on any atom is -0.493 e. The molecule has 0 aliphatic carbocycles. The van der Waals surface area contributed by atoms with E-state index in [0.29, 0.717) is 29.7 Å². The highest BCUT2D eigenvalue weighted by Crippen LogP contribution is 2.34. The fourth-order valence-corrected chi connectivity index (χ4v) is 5.31. The SMILES string of the molecule is CCOC(=O)C(C)(Cc1cccc(OCCC2(Cc3ccc(C(F)(F)F)cc3)CNC(=O)N2C)c1)Oc1ccc(C(F)(F)F)cc1. The van der Waals surface area contributed by atoms with Gasteiger partial charge in [-0.3, -0.25) is 0 Å². The molecule has 2 amide bonds. The van der Waals surface area contributed by atoms with E-state index < -0.39 is 40.6 Å². The topological polar surface area (TPSA) is 77.1 Å². The summed E-state index contributed by atoms with van der Waals surface area (Å²) < 4.78 is 95.3. The monoisotopic (exact) mass is 652 g/mol. The predicted molar refractivity (Wildman–Crippen MR) is 156 cm³/mol. The lowest BCUT2D eigenvalue weighted by molar-refractivity contribution is -0.160. The molecule has 2 unspecified atom stereocenters. The first kappa shape index (κ1) is 34.5. The molecule has 0 bridgehead atoms. The third-order valence-electron chi connectivity index (χ3n) is 7.91. The summed E-state index contributed by atoms with van der Waals surface area (Å²) in [5.41, 5.74) is -2.71. The molecule has 1 saturated heterocycles. The van der Waals surface area contributed by atoms with Crippen molar-refractivity contribution in [3.05, 3.63) is 95.1 Å².